The molecule has 0 bridgehead atoms. The average molecular weight is 533 g/mol. The molecule has 0 fully saturated rings. The van der Waals surface area contributed by atoms with Gasteiger partial charge in [-0.05, 0) is 74.5 Å². The monoisotopic (exact) mass is 532 g/mol. The standard InChI is InChI=1S/C36H21O3P/c37-40-33-16-8-7-15-30(33)38-31-20-24(29-19-23-10-2-3-11-25(23)27-13-5-6-14-28(27)29)21-32(36(31)40)39-35-26-12-4-1-9-22(26)17-18-34(35)40/h1-21H. The van der Waals surface area contributed by atoms with Gasteiger partial charge >= 0.3 is 0 Å². The Labute approximate surface area is 230 Å². The van der Waals surface area contributed by atoms with Crippen molar-refractivity contribution in [3.05, 3.63) is 127 Å². The van der Waals surface area contributed by atoms with E-state index >= 15 is 4.57 Å². The molecule has 0 radical (unpaired) electrons. The highest BCUT2D eigenvalue weighted by Crippen LogP contribution is 2.60. The molecule has 1 atom stereocenters. The van der Waals surface area contributed by atoms with Crippen molar-refractivity contribution in [2.24, 2.45) is 0 Å². The Kier molecular flexibility index (Phi) is 4.32. The maximum absolute atomic E-state index is 15.5. The van der Waals surface area contributed by atoms with Crippen LogP contribution < -0.4 is 25.4 Å². The fraction of sp³-hybridized carbons (Fsp3) is 0. The van der Waals surface area contributed by atoms with Crippen molar-refractivity contribution < 1.29 is 14.0 Å². The van der Waals surface area contributed by atoms with Crippen molar-refractivity contribution in [1.29, 1.82) is 0 Å². The summed E-state index contributed by atoms with van der Waals surface area (Å²) in [7, 11) is -3.27. The molecule has 40 heavy (non-hydrogen) atoms. The first kappa shape index (κ1) is 22.0. The normalized spacial score (nSPS) is 16.6. The van der Waals surface area contributed by atoms with Gasteiger partial charge in [0.05, 0.1) is 10.6 Å². The summed E-state index contributed by atoms with van der Waals surface area (Å²) in [6.45, 7) is 0. The average Bonchev–Trinajstić information content (AvgIpc) is 3.00. The lowest BCUT2D eigenvalue weighted by Crippen LogP contribution is -2.35. The SMILES string of the molecule is O=P12c3ccccc3Oc3cc(-c4cc5ccccc5c5ccccc45)cc(c31)Oc1c2ccc2ccccc12. The van der Waals surface area contributed by atoms with Gasteiger partial charge in [0.2, 0.25) is 0 Å². The minimum atomic E-state index is -3.27. The van der Waals surface area contributed by atoms with E-state index in [1.165, 1.54) is 10.8 Å². The molecule has 2 aliphatic heterocycles. The molecule has 9 rings (SSSR count). The maximum atomic E-state index is 15.5. The van der Waals surface area contributed by atoms with Crippen LogP contribution in [-0.2, 0) is 4.57 Å². The second kappa shape index (κ2) is 7.85. The quantitative estimate of drug-likeness (QED) is 0.157. The molecule has 1 unspecified atom stereocenters. The Hall–Kier alpha value is -4.85. The van der Waals surface area contributed by atoms with Crippen LogP contribution in [0.2, 0.25) is 0 Å². The van der Waals surface area contributed by atoms with Crippen molar-refractivity contribution >= 4 is 55.4 Å². The Morgan fingerprint density at radius 2 is 1.12 bits per heavy atom. The van der Waals surface area contributed by atoms with Gasteiger partial charge in [0.15, 0.2) is 7.14 Å². The van der Waals surface area contributed by atoms with E-state index in [-0.39, 0.29) is 0 Å². The van der Waals surface area contributed by atoms with Gasteiger partial charge in [-0.2, -0.15) is 0 Å². The van der Waals surface area contributed by atoms with E-state index in [9.17, 15) is 0 Å². The van der Waals surface area contributed by atoms with Gasteiger partial charge in [0, 0.05) is 5.39 Å². The highest BCUT2D eigenvalue weighted by molar-refractivity contribution is 7.86. The third-order valence-electron chi connectivity index (χ3n) is 8.27. The summed E-state index contributed by atoms with van der Waals surface area (Å²) in [5.74, 6) is 2.47. The molecule has 4 heteroatoms. The summed E-state index contributed by atoms with van der Waals surface area (Å²) in [5, 5.41) is 8.80. The first-order valence-corrected chi connectivity index (χ1v) is 15.1. The summed E-state index contributed by atoms with van der Waals surface area (Å²) in [6, 6.07) is 43.1. The maximum Gasteiger partial charge on any atom is 0.185 e. The predicted octanol–water partition coefficient (Wildman–Crippen LogP) is 8.66. The van der Waals surface area contributed by atoms with Crippen LogP contribution in [0.1, 0.15) is 0 Å². The van der Waals surface area contributed by atoms with E-state index in [1.807, 2.05) is 66.7 Å². The number of rotatable bonds is 1. The smallest absolute Gasteiger partial charge is 0.185 e. The zero-order valence-corrected chi connectivity index (χ0v) is 22.2. The highest BCUT2D eigenvalue weighted by atomic mass is 31.2. The summed E-state index contributed by atoms with van der Waals surface area (Å²) < 4.78 is 28.7. The van der Waals surface area contributed by atoms with Crippen LogP contribution in [0.5, 0.6) is 23.0 Å². The van der Waals surface area contributed by atoms with Crippen molar-refractivity contribution in [2.75, 3.05) is 0 Å². The van der Waals surface area contributed by atoms with E-state index < -0.39 is 7.14 Å². The molecule has 7 aromatic rings. The van der Waals surface area contributed by atoms with Crippen LogP contribution in [0.4, 0.5) is 0 Å². The summed E-state index contributed by atoms with van der Waals surface area (Å²) >= 11 is 0. The van der Waals surface area contributed by atoms with E-state index in [2.05, 4.69) is 60.7 Å². The number of fused-ring (bicyclic) bond motifs is 9. The minimum Gasteiger partial charge on any atom is -0.456 e. The molecule has 2 heterocycles. The third kappa shape index (κ3) is 2.82. The topological polar surface area (TPSA) is 35.5 Å². The Morgan fingerprint density at radius 3 is 1.98 bits per heavy atom. The number of para-hydroxylation sites is 1. The van der Waals surface area contributed by atoms with Crippen LogP contribution in [0.15, 0.2) is 127 Å². The van der Waals surface area contributed by atoms with Gasteiger partial charge < -0.3 is 14.0 Å². The Morgan fingerprint density at radius 1 is 0.475 bits per heavy atom. The fourth-order valence-corrected chi connectivity index (χ4v) is 9.53. The molecule has 0 saturated carbocycles. The van der Waals surface area contributed by atoms with Crippen LogP contribution >= 0.6 is 7.14 Å². The summed E-state index contributed by atoms with van der Waals surface area (Å²) in [6.07, 6.45) is 0. The van der Waals surface area contributed by atoms with Gasteiger partial charge in [-0.3, -0.25) is 0 Å². The Balaban J connectivity index is 1.39. The van der Waals surface area contributed by atoms with Crippen LogP contribution in [0.3, 0.4) is 0 Å². The Bertz CT molecular complexity index is 2270. The predicted molar refractivity (Wildman–Crippen MR) is 164 cm³/mol. The van der Waals surface area contributed by atoms with Gasteiger partial charge in [0.1, 0.15) is 28.3 Å². The molecule has 0 N–H and O–H groups in total. The molecule has 0 saturated heterocycles. The van der Waals surface area contributed by atoms with Crippen molar-refractivity contribution in [3.63, 3.8) is 0 Å². The fourth-order valence-electron chi connectivity index (χ4n) is 6.49. The zero-order chi connectivity index (χ0) is 26.4. The third-order valence-corrected chi connectivity index (χ3v) is 11.4. The molecule has 2 aliphatic rings. The molecular weight excluding hydrogens is 511 g/mol. The van der Waals surface area contributed by atoms with E-state index in [1.54, 1.807) is 0 Å². The molecule has 0 spiro atoms. The molecule has 0 aromatic heterocycles. The first-order valence-electron chi connectivity index (χ1n) is 13.4. The van der Waals surface area contributed by atoms with E-state index in [0.717, 1.165) is 38.0 Å². The lowest BCUT2D eigenvalue weighted by Gasteiger charge is -2.35. The lowest BCUT2D eigenvalue weighted by atomic mass is 9.93. The number of hydrogen-bond acceptors (Lipinski definition) is 3. The number of benzene rings is 7. The van der Waals surface area contributed by atoms with Crippen LogP contribution in [-0.4, -0.2) is 0 Å². The van der Waals surface area contributed by atoms with Crippen LogP contribution in [0, 0.1) is 0 Å². The minimum absolute atomic E-state index is 0.589. The zero-order valence-electron chi connectivity index (χ0n) is 21.3. The lowest BCUT2D eigenvalue weighted by molar-refractivity contribution is 0.464. The van der Waals surface area contributed by atoms with Crippen molar-refractivity contribution in [2.45, 2.75) is 0 Å². The molecule has 0 amide bonds. The summed E-state index contributed by atoms with van der Waals surface area (Å²) in [4.78, 5) is 0. The van der Waals surface area contributed by atoms with Crippen LogP contribution in [0.25, 0.3) is 43.4 Å². The number of ether oxygens (including phenoxy) is 2. The first-order chi connectivity index (χ1) is 19.7. The second-order valence-corrected chi connectivity index (χ2v) is 13.1. The second-order valence-electron chi connectivity index (χ2n) is 10.4. The molecule has 3 nitrogen and oxygen atoms in total. The summed E-state index contributed by atoms with van der Waals surface area (Å²) in [5.41, 5.74) is 2.04. The van der Waals surface area contributed by atoms with Crippen molar-refractivity contribution in [3.8, 4) is 34.1 Å². The molecular formula is C36H21O3P. The van der Waals surface area contributed by atoms with Gasteiger partial charge in [-0.15, -0.1) is 0 Å². The number of hydrogen-bond donors (Lipinski definition) is 0. The van der Waals surface area contributed by atoms with E-state index in [0.29, 0.717) is 33.6 Å². The largest absolute Gasteiger partial charge is 0.456 e. The van der Waals surface area contributed by atoms with Crippen molar-refractivity contribution in [1.82, 2.24) is 0 Å². The van der Waals surface area contributed by atoms with E-state index in [4.69, 9.17) is 9.47 Å². The van der Waals surface area contributed by atoms with Gasteiger partial charge in [0.25, 0.3) is 0 Å². The van der Waals surface area contributed by atoms with Gasteiger partial charge in [-0.1, -0.05) is 91.0 Å². The highest BCUT2D eigenvalue weighted by Gasteiger charge is 2.47. The molecule has 0 aliphatic carbocycles. The molecule has 7 aromatic carbocycles. The van der Waals surface area contributed by atoms with Gasteiger partial charge in [-0.25, -0.2) is 0 Å². The molecule has 188 valence electrons.